The summed E-state index contributed by atoms with van der Waals surface area (Å²) in [5.41, 5.74) is 1.56. The van der Waals surface area contributed by atoms with E-state index in [-0.39, 0.29) is 11.7 Å². The Kier molecular flexibility index (Phi) is 7.32. The Labute approximate surface area is 174 Å². The summed E-state index contributed by atoms with van der Waals surface area (Å²) in [6, 6.07) is 17.6. The number of ether oxygens (including phenoxy) is 1. The van der Waals surface area contributed by atoms with Crippen molar-refractivity contribution in [2.75, 3.05) is 31.1 Å². The van der Waals surface area contributed by atoms with Crippen molar-refractivity contribution >= 4 is 18.1 Å². The van der Waals surface area contributed by atoms with Gasteiger partial charge in [0.1, 0.15) is 11.4 Å². The molecule has 0 radical (unpaired) electrons. The molecule has 1 amide bonds. The van der Waals surface area contributed by atoms with E-state index >= 15 is 0 Å². The smallest absolute Gasteiger partial charge is 0.299 e. The number of hydrogen-bond donors (Lipinski definition) is 1. The largest absolute Gasteiger partial charge is 0.508 e. The Morgan fingerprint density at radius 3 is 2.13 bits per heavy atom. The van der Waals surface area contributed by atoms with Gasteiger partial charge in [0.25, 0.3) is 12.4 Å². The molecule has 0 aliphatic carbocycles. The average molecular weight is 406 g/mol. The first-order valence-electron chi connectivity index (χ1n) is 9.43. The zero-order valence-corrected chi connectivity index (χ0v) is 16.3. The molecule has 154 valence electrons. The normalized spacial score (nSPS) is 13.1. The summed E-state index contributed by atoms with van der Waals surface area (Å²) in [6.45, 7) is 3.27. The lowest BCUT2D eigenvalue weighted by molar-refractivity contribution is -0.120. The van der Waals surface area contributed by atoms with Crippen molar-refractivity contribution in [1.29, 1.82) is 0 Å². The van der Waals surface area contributed by atoms with Crippen molar-refractivity contribution in [1.82, 2.24) is 14.9 Å². The molecule has 4 rings (SSSR count). The first-order valence-corrected chi connectivity index (χ1v) is 9.43. The van der Waals surface area contributed by atoms with Gasteiger partial charge in [0.15, 0.2) is 0 Å². The van der Waals surface area contributed by atoms with Gasteiger partial charge in [0.2, 0.25) is 5.88 Å². The van der Waals surface area contributed by atoms with E-state index in [1.54, 1.807) is 54.9 Å². The first-order chi connectivity index (χ1) is 14.7. The second kappa shape index (κ2) is 10.6. The van der Waals surface area contributed by atoms with Crippen molar-refractivity contribution in [2.24, 2.45) is 0 Å². The quantitative estimate of drug-likeness (QED) is 0.665. The number of carbonyl (C=O) groups excluding carboxylic acids is 2. The Morgan fingerprint density at radius 1 is 0.900 bits per heavy atom. The molecule has 2 aromatic heterocycles. The van der Waals surface area contributed by atoms with Crippen LogP contribution < -0.4 is 9.64 Å². The van der Waals surface area contributed by atoms with E-state index in [9.17, 15) is 14.7 Å². The van der Waals surface area contributed by atoms with Crippen molar-refractivity contribution in [3.05, 3.63) is 78.8 Å². The summed E-state index contributed by atoms with van der Waals surface area (Å²) in [5, 5.41) is 9.32. The molecule has 0 bridgehead atoms. The van der Waals surface area contributed by atoms with Gasteiger partial charge in [-0.1, -0.05) is 12.1 Å². The monoisotopic (exact) mass is 406 g/mol. The topological polar surface area (TPSA) is 95.9 Å². The molecule has 3 aromatic rings. The van der Waals surface area contributed by atoms with E-state index in [0.717, 1.165) is 18.8 Å². The van der Waals surface area contributed by atoms with E-state index in [1.807, 2.05) is 23.1 Å². The van der Waals surface area contributed by atoms with Crippen LogP contribution in [0.15, 0.2) is 73.1 Å². The second-order valence-electron chi connectivity index (χ2n) is 6.39. The van der Waals surface area contributed by atoms with E-state index in [4.69, 9.17) is 0 Å². The summed E-state index contributed by atoms with van der Waals surface area (Å²) in [6.07, 6.45) is 3.19. The van der Waals surface area contributed by atoms with Crippen LogP contribution in [0.1, 0.15) is 10.5 Å². The lowest BCUT2D eigenvalue weighted by Crippen LogP contribution is -2.49. The summed E-state index contributed by atoms with van der Waals surface area (Å²) in [4.78, 5) is 33.9. The number of piperazine rings is 1. The van der Waals surface area contributed by atoms with Gasteiger partial charge in [-0.3, -0.25) is 14.6 Å². The summed E-state index contributed by atoms with van der Waals surface area (Å²) >= 11 is 0. The summed E-state index contributed by atoms with van der Waals surface area (Å²) in [7, 11) is 0. The fourth-order valence-corrected chi connectivity index (χ4v) is 2.95. The number of hydrogen-bond acceptors (Lipinski definition) is 7. The zero-order chi connectivity index (χ0) is 21.2. The number of aromatic nitrogens is 2. The van der Waals surface area contributed by atoms with E-state index < -0.39 is 0 Å². The van der Waals surface area contributed by atoms with Crippen LogP contribution in [-0.2, 0) is 4.79 Å². The predicted octanol–water partition coefficient (Wildman–Crippen LogP) is 2.37. The number of anilines is 1. The third kappa shape index (κ3) is 5.78. The number of pyridine rings is 2. The number of rotatable bonds is 4. The predicted molar refractivity (Wildman–Crippen MR) is 111 cm³/mol. The number of aromatic hydroxyl groups is 1. The average Bonchev–Trinajstić information content (AvgIpc) is 2.81. The number of carbonyl (C=O) groups is 2. The zero-order valence-electron chi connectivity index (χ0n) is 16.3. The van der Waals surface area contributed by atoms with Crippen molar-refractivity contribution in [2.45, 2.75) is 0 Å². The fourth-order valence-electron chi connectivity index (χ4n) is 2.95. The van der Waals surface area contributed by atoms with Crippen molar-refractivity contribution in [3.63, 3.8) is 0 Å². The SMILES string of the molecule is O=C(c1ccccn1)N1CCN(c2ccc(O)cc2)CC1.O=COc1ccccn1. The molecular formula is C22H22N4O4. The van der Waals surface area contributed by atoms with Gasteiger partial charge in [-0.25, -0.2) is 4.98 Å². The van der Waals surface area contributed by atoms with Crippen molar-refractivity contribution in [3.8, 4) is 11.6 Å². The van der Waals surface area contributed by atoms with Crippen LogP contribution in [0.2, 0.25) is 0 Å². The molecule has 8 heteroatoms. The maximum atomic E-state index is 12.3. The summed E-state index contributed by atoms with van der Waals surface area (Å²) in [5.74, 6) is 0.580. The van der Waals surface area contributed by atoms with Gasteiger partial charge < -0.3 is 19.6 Å². The highest BCUT2D eigenvalue weighted by Crippen LogP contribution is 2.20. The molecule has 0 atom stereocenters. The Hall–Kier alpha value is -3.94. The summed E-state index contributed by atoms with van der Waals surface area (Å²) < 4.78 is 4.41. The molecule has 1 saturated heterocycles. The number of phenols is 1. The van der Waals surface area contributed by atoms with Crippen LogP contribution in [0, 0.1) is 0 Å². The molecule has 1 N–H and O–H groups in total. The number of amides is 1. The van der Waals surface area contributed by atoms with Crippen LogP contribution in [0.4, 0.5) is 5.69 Å². The Balaban J connectivity index is 0.000000239. The van der Waals surface area contributed by atoms with Gasteiger partial charge in [-0.2, -0.15) is 0 Å². The minimum atomic E-state index is -0.0130. The van der Waals surface area contributed by atoms with Crippen LogP contribution >= 0.6 is 0 Å². The van der Waals surface area contributed by atoms with E-state index in [2.05, 4.69) is 19.6 Å². The molecule has 30 heavy (non-hydrogen) atoms. The number of phenolic OH excluding ortho intramolecular Hbond substituents is 1. The molecule has 1 aliphatic heterocycles. The van der Waals surface area contributed by atoms with Gasteiger partial charge in [0, 0.05) is 50.3 Å². The lowest BCUT2D eigenvalue weighted by atomic mass is 10.2. The molecule has 0 unspecified atom stereocenters. The maximum Gasteiger partial charge on any atom is 0.299 e. The molecule has 3 heterocycles. The van der Waals surface area contributed by atoms with Crippen LogP contribution in [0.3, 0.4) is 0 Å². The van der Waals surface area contributed by atoms with Crippen LogP contribution in [-0.4, -0.2) is 58.5 Å². The third-order valence-electron chi connectivity index (χ3n) is 4.47. The molecule has 0 saturated carbocycles. The maximum absolute atomic E-state index is 12.3. The molecule has 1 fully saturated rings. The van der Waals surface area contributed by atoms with Gasteiger partial charge in [0.05, 0.1) is 0 Å². The lowest BCUT2D eigenvalue weighted by Gasteiger charge is -2.36. The molecule has 8 nitrogen and oxygen atoms in total. The number of nitrogens with zero attached hydrogens (tertiary/aromatic N) is 4. The van der Waals surface area contributed by atoms with E-state index in [1.165, 1.54) is 0 Å². The second-order valence-corrected chi connectivity index (χ2v) is 6.39. The van der Waals surface area contributed by atoms with Gasteiger partial charge in [-0.15, -0.1) is 0 Å². The highest BCUT2D eigenvalue weighted by molar-refractivity contribution is 5.92. The first kappa shape index (κ1) is 20.8. The molecule has 0 spiro atoms. The van der Waals surface area contributed by atoms with Crippen LogP contribution in [0.25, 0.3) is 0 Å². The molecular weight excluding hydrogens is 384 g/mol. The molecule has 1 aromatic carbocycles. The van der Waals surface area contributed by atoms with E-state index in [0.29, 0.717) is 31.1 Å². The molecule has 1 aliphatic rings. The Bertz CT molecular complexity index is 928. The van der Waals surface area contributed by atoms with Crippen molar-refractivity contribution < 1.29 is 19.4 Å². The highest BCUT2D eigenvalue weighted by Gasteiger charge is 2.22. The van der Waals surface area contributed by atoms with Crippen LogP contribution in [0.5, 0.6) is 11.6 Å². The highest BCUT2D eigenvalue weighted by atomic mass is 16.5. The Morgan fingerprint density at radius 2 is 1.57 bits per heavy atom. The number of benzene rings is 1. The fraction of sp³-hybridized carbons (Fsp3) is 0.182. The third-order valence-corrected chi connectivity index (χ3v) is 4.47. The minimum absolute atomic E-state index is 0.0130. The van der Waals surface area contributed by atoms with Gasteiger partial charge >= 0.3 is 0 Å². The minimum Gasteiger partial charge on any atom is -0.508 e. The standard InChI is InChI=1S/C16H17N3O2.C6H5NO2/c20-14-6-4-13(5-7-14)18-9-11-19(12-10-18)16(21)15-3-1-2-8-17-15;8-5-9-6-3-1-2-4-7-6/h1-8,20H,9-12H2;1-5H. The van der Waals surface area contributed by atoms with Gasteiger partial charge in [-0.05, 0) is 42.5 Å².